The number of carbonyl (C=O) groups is 1. The lowest BCUT2D eigenvalue weighted by Gasteiger charge is -2.19. The first-order chi connectivity index (χ1) is 10.3. The average Bonchev–Trinajstić information content (AvgIpc) is 3.19. The summed E-state index contributed by atoms with van der Waals surface area (Å²) in [6.45, 7) is 3.61. The van der Waals surface area contributed by atoms with Gasteiger partial charge in [-0.2, -0.15) is 0 Å². The van der Waals surface area contributed by atoms with E-state index < -0.39 is 21.5 Å². The highest BCUT2D eigenvalue weighted by Crippen LogP contribution is 2.41. The van der Waals surface area contributed by atoms with Gasteiger partial charge in [0.05, 0.1) is 11.8 Å². The molecule has 0 aromatic heterocycles. The molecule has 6 heteroatoms. The molecule has 122 valence electrons. The molecular formula is C16H22FNO3S. The molecule has 0 spiro atoms. The number of carbonyl (C=O) groups excluding carboxylic acids is 1. The van der Waals surface area contributed by atoms with Crippen LogP contribution in [0.1, 0.15) is 38.3 Å². The van der Waals surface area contributed by atoms with E-state index in [1.165, 1.54) is 12.1 Å². The predicted octanol–water partition coefficient (Wildman–Crippen LogP) is 2.46. The molecule has 22 heavy (non-hydrogen) atoms. The fraction of sp³-hybridized carbons (Fsp3) is 0.562. The van der Waals surface area contributed by atoms with Crippen molar-refractivity contribution in [3.63, 3.8) is 0 Å². The Morgan fingerprint density at radius 3 is 2.36 bits per heavy atom. The summed E-state index contributed by atoms with van der Waals surface area (Å²) in [6, 6.07) is 5.75. The monoisotopic (exact) mass is 327 g/mol. The van der Waals surface area contributed by atoms with E-state index in [0.29, 0.717) is 5.92 Å². The van der Waals surface area contributed by atoms with Crippen molar-refractivity contribution in [2.75, 3.05) is 11.5 Å². The first kappa shape index (κ1) is 16.9. The topological polar surface area (TPSA) is 63.2 Å². The molecule has 4 nitrogen and oxygen atoms in total. The van der Waals surface area contributed by atoms with Gasteiger partial charge in [0.25, 0.3) is 0 Å². The van der Waals surface area contributed by atoms with Gasteiger partial charge in [0.15, 0.2) is 9.84 Å². The SMILES string of the molecule is CC(C)CS(=O)(=O)CC(=O)N[C@H](c1ccc(F)cc1)C1CC1. The van der Waals surface area contributed by atoms with Crippen molar-refractivity contribution in [1.29, 1.82) is 0 Å². The van der Waals surface area contributed by atoms with E-state index in [0.717, 1.165) is 18.4 Å². The minimum absolute atomic E-state index is 0.00502. The van der Waals surface area contributed by atoms with E-state index in [1.54, 1.807) is 26.0 Å². The second-order valence-corrected chi connectivity index (χ2v) is 8.49. The van der Waals surface area contributed by atoms with Gasteiger partial charge in [-0.25, -0.2) is 12.8 Å². The smallest absolute Gasteiger partial charge is 0.235 e. The van der Waals surface area contributed by atoms with Crippen LogP contribution in [0.2, 0.25) is 0 Å². The van der Waals surface area contributed by atoms with Crippen molar-refractivity contribution in [1.82, 2.24) is 5.32 Å². The molecule has 1 aliphatic carbocycles. The maximum absolute atomic E-state index is 13.0. The van der Waals surface area contributed by atoms with Crippen LogP contribution in [0.4, 0.5) is 4.39 Å². The first-order valence-electron chi connectivity index (χ1n) is 7.52. The fourth-order valence-electron chi connectivity index (χ4n) is 2.55. The zero-order valence-electron chi connectivity index (χ0n) is 12.9. The van der Waals surface area contributed by atoms with Crippen LogP contribution >= 0.6 is 0 Å². The molecular weight excluding hydrogens is 305 g/mol. The van der Waals surface area contributed by atoms with Gasteiger partial charge in [-0.1, -0.05) is 26.0 Å². The zero-order valence-corrected chi connectivity index (χ0v) is 13.7. The van der Waals surface area contributed by atoms with Gasteiger partial charge in [0.1, 0.15) is 11.6 Å². The number of benzene rings is 1. The lowest BCUT2D eigenvalue weighted by atomic mass is 10.0. The minimum atomic E-state index is -3.39. The molecule has 1 N–H and O–H groups in total. The van der Waals surface area contributed by atoms with Crippen LogP contribution in [0.5, 0.6) is 0 Å². The molecule has 1 aliphatic rings. The number of hydrogen-bond donors (Lipinski definition) is 1. The molecule has 0 radical (unpaired) electrons. The lowest BCUT2D eigenvalue weighted by Crippen LogP contribution is -2.35. The number of sulfone groups is 1. The molecule has 1 amide bonds. The third kappa shape index (κ3) is 5.09. The predicted molar refractivity (Wildman–Crippen MR) is 83.5 cm³/mol. The Kier molecular flexibility index (Phi) is 5.21. The highest BCUT2D eigenvalue weighted by atomic mass is 32.2. The Morgan fingerprint density at radius 2 is 1.86 bits per heavy atom. The molecule has 1 fully saturated rings. The maximum Gasteiger partial charge on any atom is 0.235 e. The normalized spacial score (nSPS) is 16.5. The molecule has 0 saturated heterocycles. The second-order valence-electron chi connectivity index (χ2n) is 6.38. The molecule has 1 aromatic rings. The van der Waals surface area contributed by atoms with Crippen LogP contribution in [0.25, 0.3) is 0 Å². The van der Waals surface area contributed by atoms with Gasteiger partial charge in [-0.05, 0) is 42.4 Å². The van der Waals surface area contributed by atoms with Gasteiger partial charge >= 0.3 is 0 Å². The quantitative estimate of drug-likeness (QED) is 0.837. The number of halogens is 1. The van der Waals surface area contributed by atoms with Crippen molar-refractivity contribution in [2.24, 2.45) is 11.8 Å². The van der Waals surface area contributed by atoms with E-state index in [1.807, 2.05) is 0 Å². The standard InChI is InChI=1S/C16H22FNO3S/c1-11(2)9-22(20,21)10-15(19)18-16(12-3-4-12)13-5-7-14(17)8-6-13/h5-8,11-12,16H,3-4,9-10H2,1-2H3,(H,18,19)/t16-/m0/s1. The van der Waals surface area contributed by atoms with Crippen LogP contribution < -0.4 is 5.32 Å². The van der Waals surface area contributed by atoms with Crippen molar-refractivity contribution < 1.29 is 17.6 Å². The van der Waals surface area contributed by atoms with E-state index in [2.05, 4.69) is 5.32 Å². The van der Waals surface area contributed by atoms with E-state index >= 15 is 0 Å². The van der Waals surface area contributed by atoms with Gasteiger partial charge in [0, 0.05) is 0 Å². The summed E-state index contributed by atoms with van der Waals surface area (Å²) in [4.78, 5) is 12.1. The van der Waals surface area contributed by atoms with Crippen LogP contribution in [0.3, 0.4) is 0 Å². The van der Waals surface area contributed by atoms with E-state index in [9.17, 15) is 17.6 Å². The fourth-order valence-corrected chi connectivity index (χ4v) is 4.17. The van der Waals surface area contributed by atoms with Gasteiger partial charge in [0.2, 0.25) is 5.91 Å². The molecule has 1 atom stereocenters. The summed E-state index contributed by atoms with van der Waals surface area (Å²) in [7, 11) is -3.39. The molecule has 0 bridgehead atoms. The highest BCUT2D eigenvalue weighted by Gasteiger charge is 2.34. The molecule has 2 rings (SSSR count). The Hall–Kier alpha value is -1.43. The lowest BCUT2D eigenvalue weighted by molar-refractivity contribution is -0.119. The van der Waals surface area contributed by atoms with Crippen LogP contribution in [-0.4, -0.2) is 25.8 Å². The molecule has 1 saturated carbocycles. The van der Waals surface area contributed by atoms with Crippen LogP contribution in [-0.2, 0) is 14.6 Å². The third-order valence-electron chi connectivity index (χ3n) is 3.58. The zero-order chi connectivity index (χ0) is 16.3. The van der Waals surface area contributed by atoms with Gasteiger partial charge in [-0.3, -0.25) is 4.79 Å². The molecule has 0 unspecified atom stereocenters. The van der Waals surface area contributed by atoms with Crippen molar-refractivity contribution in [2.45, 2.75) is 32.7 Å². The van der Waals surface area contributed by atoms with Gasteiger partial charge < -0.3 is 5.32 Å². The van der Waals surface area contributed by atoms with Crippen molar-refractivity contribution >= 4 is 15.7 Å². The Balaban J connectivity index is 2.02. The van der Waals surface area contributed by atoms with Crippen molar-refractivity contribution in [3.05, 3.63) is 35.6 Å². The summed E-state index contributed by atoms with van der Waals surface area (Å²) in [5, 5.41) is 2.80. The van der Waals surface area contributed by atoms with Crippen molar-refractivity contribution in [3.8, 4) is 0 Å². The minimum Gasteiger partial charge on any atom is -0.348 e. The summed E-state index contributed by atoms with van der Waals surface area (Å²) in [5.41, 5.74) is 0.818. The molecule has 0 aliphatic heterocycles. The number of hydrogen-bond acceptors (Lipinski definition) is 3. The van der Waals surface area contributed by atoms with Crippen LogP contribution in [0.15, 0.2) is 24.3 Å². The number of nitrogens with one attached hydrogen (secondary N) is 1. The highest BCUT2D eigenvalue weighted by molar-refractivity contribution is 7.92. The second kappa shape index (κ2) is 6.77. The van der Waals surface area contributed by atoms with E-state index in [4.69, 9.17) is 0 Å². The van der Waals surface area contributed by atoms with E-state index in [-0.39, 0.29) is 23.5 Å². The number of rotatable bonds is 7. The average molecular weight is 327 g/mol. The third-order valence-corrected chi connectivity index (χ3v) is 5.45. The molecule has 0 heterocycles. The summed E-state index contributed by atoms with van der Waals surface area (Å²) in [6.07, 6.45) is 1.97. The van der Waals surface area contributed by atoms with Gasteiger partial charge in [-0.15, -0.1) is 0 Å². The first-order valence-corrected chi connectivity index (χ1v) is 9.34. The maximum atomic E-state index is 13.0. The van der Waals surface area contributed by atoms with Crippen LogP contribution in [0, 0.1) is 17.7 Å². The number of amides is 1. The largest absolute Gasteiger partial charge is 0.348 e. The Morgan fingerprint density at radius 1 is 1.27 bits per heavy atom. The molecule has 1 aromatic carbocycles. The summed E-state index contributed by atoms with van der Waals surface area (Å²) in [5.74, 6) is -0.997. The summed E-state index contributed by atoms with van der Waals surface area (Å²) >= 11 is 0. The summed E-state index contributed by atoms with van der Waals surface area (Å²) < 4.78 is 36.8. The Labute approximate surface area is 131 Å². The Bertz CT molecular complexity index is 621.